The standard InChI is InChI=1S/C26H28N4O3S3/c1-7-18-15(3)36-24(22(18)25(32)33-6)27-20(31)13-35-26-29-28-23(30(26)5)19-12-34-16(4)21(19)17-10-8-14(2)9-11-17/h8-12H,7,13H2,1-6H3,(H,27,31). The van der Waals surface area contributed by atoms with Gasteiger partial charge in [0.2, 0.25) is 5.91 Å². The van der Waals surface area contributed by atoms with E-state index >= 15 is 0 Å². The molecule has 0 aliphatic heterocycles. The minimum absolute atomic E-state index is 0.137. The minimum Gasteiger partial charge on any atom is -0.465 e. The molecule has 10 heteroatoms. The van der Waals surface area contributed by atoms with Crippen LogP contribution >= 0.6 is 34.4 Å². The Kier molecular flexibility index (Phi) is 7.97. The lowest BCUT2D eigenvalue weighted by molar-refractivity contribution is -0.113. The summed E-state index contributed by atoms with van der Waals surface area (Å²) < 4.78 is 6.86. The molecule has 0 unspecified atom stereocenters. The number of amides is 1. The second kappa shape index (κ2) is 11.0. The molecule has 0 bridgehead atoms. The van der Waals surface area contributed by atoms with Gasteiger partial charge in [0.1, 0.15) is 5.00 Å². The van der Waals surface area contributed by atoms with Gasteiger partial charge in [0.25, 0.3) is 0 Å². The number of nitrogens with zero attached hydrogens (tertiary/aromatic N) is 3. The second-order valence-corrected chi connectivity index (χ2v) is 11.6. The molecule has 0 radical (unpaired) electrons. The van der Waals surface area contributed by atoms with Crippen molar-refractivity contribution < 1.29 is 14.3 Å². The second-order valence-electron chi connectivity index (χ2n) is 8.33. The van der Waals surface area contributed by atoms with E-state index in [9.17, 15) is 9.59 Å². The highest BCUT2D eigenvalue weighted by Crippen LogP contribution is 2.39. The first-order valence-electron chi connectivity index (χ1n) is 11.4. The molecule has 7 nitrogen and oxygen atoms in total. The van der Waals surface area contributed by atoms with E-state index in [1.807, 2.05) is 25.5 Å². The van der Waals surface area contributed by atoms with Crippen LogP contribution in [-0.4, -0.2) is 39.5 Å². The van der Waals surface area contributed by atoms with Crippen molar-refractivity contribution in [3.63, 3.8) is 0 Å². The largest absolute Gasteiger partial charge is 0.465 e. The molecule has 0 spiro atoms. The summed E-state index contributed by atoms with van der Waals surface area (Å²) in [4.78, 5) is 27.3. The van der Waals surface area contributed by atoms with E-state index in [0.717, 1.165) is 33.0 Å². The number of benzene rings is 1. The smallest absolute Gasteiger partial charge is 0.341 e. The Hall–Kier alpha value is -2.95. The van der Waals surface area contributed by atoms with Crippen LogP contribution in [0.15, 0.2) is 34.8 Å². The summed E-state index contributed by atoms with van der Waals surface area (Å²) in [7, 11) is 3.26. The maximum absolute atomic E-state index is 12.8. The number of esters is 1. The average molecular weight is 541 g/mol. The topological polar surface area (TPSA) is 86.1 Å². The summed E-state index contributed by atoms with van der Waals surface area (Å²) in [6, 6.07) is 8.47. The van der Waals surface area contributed by atoms with E-state index in [-0.39, 0.29) is 11.7 Å². The number of thiophene rings is 2. The molecule has 188 valence electrons. The third-order valence-electron chi connectivity index (χ3n) is 5.93. The summed E-state index contributed by atoms with van der Waals surface area (Å²) in [6.45, 7) is 8.11. The molecule has 4 aromatic rings. The molecule has 1 N–H and O–H groups in total. The summed E-state index contributed by atoms with van der Waals surface area (Å²) >= 11 is 4.38. The molecule has 0 aliphatic carbocycles. The van der Waals surface area contributed by atoms with E-state index in [1.165, 1.54) is 40.6 Å². The Morgan fingerprint density at radius 1 is 1.11 bits per heavy atom. The molecule has 0 fully saturated rings. The van der Waals surface area contributed by atoms with Crippen LogP contribution in [0, 0.1) is 20.8 Å². The first-order chi connectivity index (χ1) is 17.2. The first kappa shape index (κ1) is 26.1. The van der Waals surface area contributed by atoms with Crippen molar-refractivity contribution in [3.8, 4) is 22.5 Å². The number of aryl methyl sites for hydroxylation is 3. The Morgan fingerprint density at radius 3 is 2.50 bits per heavy atom. The molecular formula is C26H28N4O3S3. The number of hydrogen-bond donors (Lipinski definition) is 1. The Labute approximate surface area is 222 Å². The molecule has 0 atom stereocenters. The zero-order chi connectivity index (χ0) is 26.0. The van der Waals surface area contributed by atoms with E-state index in [0.29, 0.717) is 22.1 Å². The van der Waals surface area contributed by atoms with Crippen LogP contribution in [0.1, 0.15) is 38.2 Å². The molecule has 36 heavy (non-hydrogen) atoms. The average Bonchev–Trinajstić information content (AvgIpc) is 3.51. The number of anilines is 1. The maximum atomic E-state index is 12.8. The van der Waals surface area contributed by atoms with Crippen LogP contribution in [0.25, 0.3) is 22.5 Å². The zero-order valence-electron chi connectivity index (χ0n) is 21.1. The molecule has 4 rings (SSSR count). The lowest BCUT2D eigenvalue weighted by atomic mass is 10.0. The van der Waals surface area contributed by atoms with Crippen molar-refractivity contribution in [1.82, 2.24) is 14.8 Å². The molecule has 1 aromatic carbocycles. The summed E-state index contributed by atoms with van der Waals surface area (Å²) in [5.41, 5.74) is 5.88. The Morgan fingerprint density at radius 2 is 1.83 bits per heavy atom. The highest BCUT2D eigenvalue weighted by Gasteiger charge is 2.24. The number of thioether (sulfide) groups is 1. The quantitative estimate of drug-likeness (QED) is 0.209. The van der Waals surface area contributed by atoms with Gasteiger partial charge >= 0.3 is 5.97 Å². The van der Waals surface area contributed by atoms with Gasteiger partial charge in [-0.25, -0.2) is 4.79 Å². The fraction of sp³-hybridized carbons (Fsp3) is 0.308. The predicted molar refractivity (Wildman–Crippen MR) is 148 cm³/mol. The monoisotopic (exact) mass is 540 g/mol. The molecule has 0 saturated heterocycles. The molecule has 3 heterocycles. The van der Waals surface area contributed by atoms with Crippen LogP contribution in [-0.2, 0) is 23.0 Å². The third kappa shape index (κ3) is 5.11. The van der Waals surface area contributed by atoms with Gasteiger partial charge in [0.15, 0.2) is 11.0 Å². The number of ether oxygens (including phenoxy) is 1. The van der Waals surface area contributed by atoms with Crippen molar-refractivity contribution in [2.75, 3.05) is 18.2 Å². The Bertz CT molecular complexity index is 1420. The first-order valence-corrected chi connectivity index (χ1v) is 14.1. The molecule has 1 amide bonds. The SMILES string of the molecule is CCc1c(C)sc(NC(=O)CSc2nnc(-c3csc(C)c3-c3ccc(C)cc3)n2C)c1C(=O)OC. The number of rotatable bonds is 8. The normalized spacial score (nSPS) is 11.1. The van der Waals surface area contributed by atoms with Gasteiger partial charge < -0.3 is 14.6 Å². The van der Waals surface area contributed by atoms with Gasteiger partial charge in [-0.2, -0.15) is 0 Å². The van der Waals surface area contributed by atoms with Crippen LogP contribution in [0.2, 0.25) is 0 Å². The van der Waals surface area contributed by atoms with Gasteiger partial charge in [-0.05, 0) is 38.3 Å². The van der Waals surface area contributed by atoms with E-state index in [1.54, 1.807) is 11.3 Å². The number of hydrogen-bond acceptors (Lipinski definition) is 8. The lowest BCUT2D eigenvalue weighted by Crippen LogP contribution is -2.16. The predicted octanol–water partition coefficient (Wildman–Crippen LogP) is 6.28. The fourth-order valence-electron chi connectivity index (χ4n) is 4.08. The number of nitrogens with one attached hydrogen (secondary N) is 1. The number of carbonyl (C=O) groups is 2. The summed E-state index contributed by atoms with van der Waals surface area (Å²) in [5.74, 6) is 0.239. The van der Waals surface area contributed by atoms with Crippen molar-refractivity contribution >= 4 is 51.3 Å². The van der Waals surface area contributed by atoms with Gasteiger partial charge in [0.05, 0.1) is 18.4 Å². The molecule has 0 aliphatic rings. The fourth-order valence-corrected chi connectivity index (χ4v) is 6.80. The highest BCUT2D eigenvalue weighted by atomic mass is 32.2. The minimum atomic E-state index is -0.437. The number of aromatic nitrogens is 3. The highest BCUT2D eigenvalue weighted by molar-refractivity contribution is 7.99. The lowest BCUT2D eigenvalue weighted by Gasteiger charge is -2.08. The zero-order valence-corrected chi connectivity index (χ0v) is 23.5. The van der Waals surface area contributed by atoms with E-state index in [4.69, 9.17) is 4.74 Å². The third-order valence-corrected chi connectivity index (χ3v) is 8.92. The summed E-state index contributed by atoms with van der Waals surface area (Å²) in [5, 5.41) is 15.0. The number of methoxy groups -OCH3 is 1. The number of carbonyl (C=O) groups excluding carboxylic acids is 2. The molecular weight excluding hydrogens is 513 g/mol. The van der Waals surface area contributed by atoms with Gasteiger partial charge in [-0.3, -0.25) is 4.79 Å². The molecule has 0 saturated carbocycles. The van der Waals surface area contributed by atoms with Crippen molar-refractivity contribution in [2.24, 2.45) is 7.05 Å². The van der Waals surface area contributed by atoms with Crippen LogP contribution in [0.5, 0.6) is 0 Å². The Balaban J connectivity index is 1.51. The van der Waals surface area contributed by atoms with Gasteiger partial charge in [-0.15, -0.1) is 32.9 Å². The van der Waals surface area contributed by atoms with Crippen molar-refractivity contribution in [1.29, 1.82) is 0 Å². The maximum Gasteiger partial charge on any atom is 0.341 e. The summed E-state index contributed by atoms with van der Waals surface area (Å²) in [6.07, 6.45) is 0.686. The molecule has 3 aromatic heterocycles. The van der Waals surface area contributed by atoms with Crippen LogP contribution in [0.4, 0.5) is 5.00 Å². The van der Waals surface area contributed by atoms with Gasteiger partial charge in [0, 0.05) is 33.3 Å². The van der Waals surface area contributed by atoms with E-state index in [2.05, 4.69) is 59.0 Å². The van der Waals surface area contributed by atoms with Crippen LogP contribution in [0.3, 0.4) is 0 Å². The van der Waals surface area contributed by atoms with Crippen LogP contribution < -0.4 is 5.32 Å². The van der Waals surface area contributed by atoms with E-state index < -0.39 is 5.97 Å². The van der Waals surface area contributed by atoms with Gasteiger partial charge in [-0.1, -0.05) is 48.5 Å². The van der Waals surface area contributed by atoms with Crippen molar-refractivity contribution in [3.05, 3.63) is 56.1 Å². The van der Waals surface area contributed by atoms with Crippen molar-refractivity contribution in [2.45, 2.75) is 39.3 Å².